The number of para-hydroxylation sites is 1. The molecule has 2 rings (SSSR count). The summed E-state index contributed by atoms with van der Waals surface area (Å²) in [6.07, 6.45) is 4.28. The van der Waals surface area contributed by atoms with Crippen LogP contribution >= 0.6 is 31.9 Å². The Morgan fingerprint density at radius 1 is 1.28 bits per heavy atom. The van der Waals surface area contributed by atoms with Gasteiger partial charge in [-0.25, -0.2) is 0 Å². The third-order valence-corrected chi connectivity index (χ3v) is 5.06. The first-order valence-electron chi connectivity index (χ1n) is 8.07. The molecule has 5 heteroatoms. The van der Waals surface area contributed by atoms with Crippen molar-refractivity contribution < 1.29 is 9.53 Å². The van der Waals surface area contributed by atoms with Gasteiger partial charge in [-0.1, -0.05) is 48.0 Å². The number of nitrogens with one attached hydrogen (secondary N) is 1. The largest absolute Gasteiger partial charge is 0.495 e. The second-order valence-corrected chi connectivity index (χ2v) is 7.50. The molecule has 0 aliphatic heterocycles. The monoisotopic (exact) mass is 465 g/mol. The van der Waals surface area contributed by atoms with E-state index < -0.39 is 0 Å². The Hall–Kier alpha value is -1.59. The Bertz CT molecular complexity index is 787. The van der Waals surface area contributed by atoms with Crippen LogP contribution in [-0.2, 0) is 4.79 Å². The molecule has 0 saturated carbocycles. The maximum Gasteiger partial charge on any atom is 0.248 e. The highest BCUT2D eigenvalue weighted by molar-refractivity contribution is 9.11. The first-order valence-corrected chi connectivity index (χ1v) is 9.65. The molecule has 2 aromatic rings. The minimum absolute atomic E-state index is 0.172. The van der Waals surface area contributed by atoms with Crippen LogP contribution in [0.1, 0.15) is 37.3 Å². The van der Waals surface area contributed by atoms with Gasteiger partial charge in [0.1, 0.15) is 5.75 Å². The molecule has 0 saturated heterocycles. The van der Waals surface area contributed by atoms with E-state index >= 15 is 0 Å². The van der Waals surface area contributed by atoms with E-state index in [2.05, 4.69) is 57.1 Å². The first-order chi connectivity index (χ1) is 12.0. The number of carbonyl (C=O) groups excluding carboxylic acids is 1. The van der Waals surface area contributed by atoms with Crippen LogP contribution in [0.25, 0.3) is 6.08 Å². The van der Waals surface area contributed by atoms with Crippen molar-refractivity contribution in [3.8, 4) is 5.75 Å². The number of benzene rings is 2. The van der Waals surface area contributed by atoms with Gasteiger partial charge in [0.25, 0.3) is 0 Å². The van der Waals surface area contributed by atoms with Gasteiger partial charge in [0.15, 0.2) is 0 Å². The lowest BCUT2D eigenvalue weighted by molar-refractivity contribution is -0.111. The number of amides is 1. The average molecular weight is 467 g/mol. The summed E-state index contributed by atoms with van der Waals surface area (Å²) in [5.74, 6) is 0.905. The molecule has 0 bridgehead atoms. The predicted octanol–water partition coefficient (Wildman–Crippen LogP) is 6.39. The minimum atomic E-state index is -0.172. The second kappa shape index (κ2) is 9.20. The molecule has 1 atom stereocenters. The summed E-state index contributed by atoms with van der Waals surface area (Å²) >= 11 is 6.91. The highest BCUT2D eigenvalue weighted by Crippen LogP contribution is 2.33. The highest BCUT2D eigenvalue weighted by Gasteiger charge is 2.11. The molecule has 0 fully saturated rings. The topological polar surface area (TPSA) is 38.3 Å². The number of rotatable bonds is 6. The van der Waals surface area contributed by atoms with Gasteiger partial charge in [0.05, 0.1) is 11.6 Å². The van der Waals surface area contributed by atoms with Gasteiger partial charge < -0.3 is 10.1 Å². The molecular weight excluding hydrogens is 446 g/mol. The standard InChI is InChI=1S/C20H21Br2NO2/c1-4-13(2)16-7-5-6-8-18(16)23-19(24)10-9-14-11-15(21)12-17(22)20(14)25-3/h5-13H,4H2,1-3H3,(H,23,24)/b10-9+/t13-/m1/s1. The fourth-order valence-corrected chi connectivity index (χ4v) is 3.94. The minimum Gasteiger partial charge on any atom is -0.495 e. The molecule has 3 nitrogen and oxygen atoms in total. The van der Waals surface area contributed by atoms with E-state index in [4.69, 9.17) is 4.74 Å². The Morgan fingerprint density at radius 3 is 2.68 bits per heavy atom. The Kier molecular flexibility index (Phi) is 7.26. The zero-order valence-corrected chi connectivity index (χ0v) is 17.6. The van der Waals surface area contributed by atoms with E-state index in [0.717, 1.165) is 32.2 Å². The van der Waals surface area contributed by atoms with Crippen LogP contribution in [-0.4, -0.2) is 13.0 Å². The summed E-state index contributed by atoms with van der Waals surface area (Å²) in [5.41, 5.74) is 2.82. The molecule has 2 aromatic carbocycles. The third kappa shape index (κ3) is 5.19. The lowest BCUT2D eigenvalue weighted by Crippen LogP contribution is -2.10. The zero-order valence-electron chi connectivity index (χ0n) is 14.5. The third-order valence-electron chi connectivity index (χ3n) is 4.02. The molecule has 0 spiro atoms. The molecule has 1 N–H and O–H groups in total. The normalized spacial score (nSPS) is 12.2. The lowest BCUT2D eigenvalue weighted by Gasteiger charge is -2.14. The molecule has 0 aliphatic carbocycles. The maximum absolute atomic E-state index is 12.4. The molecule has 0 aromatic heterocycles. The van der Waals surface area contributed by atoms with E-state index in [1.807, 2.05) is 30.3 Å². The van der Waals surface area contributed by atoms with Crippen LogP contribution in [0, 0.1) is 0 Å². The number of methoxy groups -OCH3 is 1. The van der Waals surface area contributed by atoms with Gasteiger partial charge in [0.2, 0.25) is 5.91 Å². The predicted molar refractivity (Wildman–Crippen MR) is 111 cm³/mol. The number of carbonyl (C=O) groups is 1. The van der Waals surface area contributed by atoms with Crippen LogP contribution in [0.5, 0.6) is 5.75 Å². The smallest absolute Gasteiger partial charge is 0.248 e. The van der Waals surface area contributed by atoms with Crippen molar-refractivity contribution in [2.75, 3.05) is 12.4 Å². The Labute approximate surface area is 165 Å². The van der Waals surface area contributed by atoms with Crippen LogP contribution in [0.4, 0.5) is 5.69 Å². The number of anilines is 1. The summed E-state index contributed by atoms with van der Waals surface area (Å²) in [6, 6.07) is 11.7. The van der Waals surface area contributed by atoms with Crippen LogP contribution < -0.4 is 10.1 Å². The second-order valence-electron chi connectivity index (χ2n) is 5.73. The molecule has 0 aliphatic rings. The molecule has 25 heavy (non-hydrogen) atoms. The van der Waals surface area contributed by atoms with E-state index in [1.165, 1.54) is 6.08 Å². The SMILES string of the molecule is CC[C@@H](C)c1ccccc1NC(=O)/C=C/c1cc(Br)cc(Br)c1OC. The average Bonchev–Trinajstić information content (AvgIpc) is 2.59. The fourth-order valence-electron chi connectivity index (χ4n) is 2.52. The summed E-state index contributed by atoms with van der Waals surface area (Å²) < 4.78 is 7.13. The van der Waals surface area contributed by atoms with E-state index in [0.29, 0.717) is 11.7 Å². The molecule has 132 valence electrons. The Morgan fingerprint density at radius 2 is 2.00 bits per heavy atom. The first kappa shape index (κ1) is 19.7. The quantitative estimate of drug-likeness (QED) is 0.501. The summed E-state index contributed by atoms with van der Waals surface area (Å²) in [5, 5.41) is 2.97. The van der Waals surface area contributed by atoms with Gasteiger partial charge in [-0.15, -0.1) is 0 Å². The van der Waals surface area contributed by atoms with Gasteiger partial charge in [-0.2, -0.15) is 0 Å². The van der Waals surface area contributed by atoms with Crippen molar-refractivity contribution in [1.29, 1.82) is 0 Å². The molecular formula is C20H21Br2NO2. The Balaban J connectivity index is 2.20. The molecule has 0 radical (unpaired) electrons. The molecule has 1 amide bonds. The van der Waals surface area contributed by atoms with Crippen molar-refractivity contribution in [3.05, 3.63) is 62.5 Å². The van der Waals surface area contributed by atoms with Crippen molar-refractivity contribution in [1.82, 2.24) is 0 Å². The summed E-state index contributed by atoms with van der Waals surface area (Å²) in [6.45, 7) is 4.30. The number of halogens is 2. The lowest BCUT2D eigenvalue weighted by atomic mass is 9.97. The highest BCUT2D eigenvalue weighted by atomic mass is 79.9. The van der Waals surface area contributed by atoms with Crippen LogP contribution in [0.3, 0.4) is 0 Å². The fraction of sp³-hybridized carbons (Fsp3) is 0.250. The zero-order chi connectivity index (χ0) is 18.4. The summed E-state index contributed by atoms with van der Waals surface area (Å²) in [7, 11) is 1.60. The van der Waals surface area contributed by atoms with Crippen molar-refractivity contribution >= 4 is 49.5 Å². The molecule has 0 unspecified atom stereocenters. The summed E-state index contributed by atoms with van der Waals surface area (Å²) in [4.78, 5) is 12.4. The van der Waals surface area contributed by atoms with E-state index in [-0.39, 0.29) is 5.91 Å². The van der Waals surface area contributed by atoms with Crippen molar-refractivity contribution in [2.24, 2.45) is 0 Å². The number of hydrogen-bond donors (Lipinski definition) is 1. The van der Waals surface area contributed by atoms with Crippen molar-refractivity contribution in [3.63, 3.8) is 0 Å². The molecule has 0 heterocycles. The van der Waals surface area contributed by atoms with Crippen LogP contribution in [0.15, 0.2) is 51.4 Å². The van der Waals surface area contributed by atoms with Gasteiger partial charge in [-0.3, -0.25) is 4.79 Å². The number of hydrogen-bond acceptors (Lipinski definition) is 2. The van der Waals surface area contributed by atoms with Gasteiger partial charge in [-0.05, 0) is 58.1 Å². The van der Waals surface area contributed by atoms with Crippen molar-refractivity contribution in [2.45, 2.75) is 26.2 Å². The van der Waals surface area contributed by atoms with E-state index in [9.17, 15) is 4.79 Å². The van der Waals surface area contributed by atoms with Crippen LogP contribution in [0.2, 0.25) is 0 Å². The van der Waals surface area contributed by atoms with Gasteiger partial charge >= 0.3 is 0 Å². The maximum atomic E-state index is 12.4. The number of ether oxygens (including phenoxy) is 1. The van der Waals surface area contributed by atoms with Gasteiger partial charge in [0, 0.05) is 21.8 Å². The van der Waals surface area contributed by atoms with E-state index in [1.54, 1.807) is 13.2 Å².